The van der Waals surface area contributed by atoms with Gasteiger partial charge in [0.05, 0.1) is 36.3 Å². The molecular weight excluding hydrogens is 590 g/mol. The molecular formula is C36H37NO7S. The summed E-state index contributed by atoms with van der Waals surface area (Å²) in [4.78, 5) is 0.169. The lowest BCUT2D eigenvalue weighted by molar-refractivity contribution is -0.331. The van der Waals surface area contributed by atoms with Crippen molar-refractivity contribution in [1.29, 1.82) is 0 Å². The van der Waals surface area contributed by atoms with Crippen molar-refractivity contribution < 1.29 is 32.5 Å². The van der Waals surface area contributed by atoms with Crippen LogP contribution in [0.3, 0.4) is 0 Å². The highest BCUT2D eigenvalue weighted by Crippen LogP contribution is 2.47. The molecule has 2 heterocycles. The van der Waals surface area contributed by atoms with Crippen molar-refractivity contribution in [2.24, 2.45) is 0 Å². The number of hydrogen-bond acceptors (Lipinski definition) is 7. The number of aliphatic hydroxyl groups is 1. The van der Waals surface area contributed by atoms with Crippen LogP contribution < -0.4 is 0 Å². The van der Waals surface area contributed by atoms with Gasteiger partial charge >= 0.3 is 0 Å². The number of nitrogens with zero attached hydrogens (tertiary/aromatic N) is 1. The highest BCUT2D eigenvalue weighted by Gasteiger charge is 2.54. The lowest BCUT2D eigenvalue weighted by atomic mass is 9.82. The van der Waals surface area contributed by atoms with Crippen LogP contribution in [0, 0.1) is 0 Å². The molecule has 0 unspecified atom stereocenters. The molecule has 0 amide bonds. The maximum absolute atomic E-state index is 14.1. The lowest BCUT2D eigenvalue weighted by Gasteiger charge is -2.48. The number of hydrogen-bond donors (Lipinski definition) is 1. The molecule has 4 atom stereocenters. The Hall–Kier alpha value is -3.83. The second-order valence-corrected chi connectivity index (χ2v) is 12.8. The number of aliphatic hydroxyl groups excluding tert-OH is 1. The first-order valence-corrected chi connectivity index (χ1v) is 16.5. The van der Waals surface area contributed by atoms with Gasteiger partial charge in [-0.3, -0.25) is 0 Å². The summed E-state index contributed by atoms with van der Waals surface area (Å²) in [5.41, 5.74) is 1.69. The summed E-state index contributed by atoms with van der Waals surface area (Å²) >= 11 is 0. The minimum absolute atomic E-state index is 0.169. The normalized spacial score (nSPS) is 22.0. The molecule has 0 saturated carbocycles. The smallest absolute Gasteiger partial charge is 0.268 e. The largest absolute Gasteiger partial charge is 0.394 e. The fourth-order valence-electron chi connectivity index (χ4n) is 5.93. The van der Waals surface area contributed by atoms with Crippen molar-refractivity contribution in [2.75, 3.05) is 13.2 Å². The van der Waals surface area contributed by atoms with Gasteiger partial charge in [-0.2, -0.15) is 0 Å². The minimum Gasteiger partial charge on any atom is -0.394 e. The standard InChI is InChI=1S/C36H37NO7S/c1-2-41-35-36(43-26-28-16-8-4-9-17-28,22-33(34(24-38)44-35)42-25-27-14-6-3-7-15-27)31-23-37(32-21-13-12-20-30(31)32)45(39,40)29-18-10-5-11-19-29/h3-21,23,33-35,38H,2,22,24-26H2,1H3/t33-,34+,35+,36-/m0/s1. The number of benzene rings is 4. The van der Waals surface area contributed by atoms with Gasteiger partial charge in [-0.25, -0.2) is 12.4 Å². The van der Waals surface area contributed by atoms with Gasteiger partial charge in [-0.05, 0) is 36.2 Å². The zero-order valence-corrected chi connectivity index (χ0v) is 25.9. The highest BCUT2D eigenvalue weighted by atomic mass is 32.2. The van der Waals surface area contributed by atoms with Crippen molar-refractivity contribution >= 4 is 20.9 Å². The van der Waals surface area contributed by atoms with Crippen molar-refractivity contribution in [2.45, 2.75) is 55.6 Å². The molecule has 1 N–H and O–H groups in total. The van der Waals surface area contributed by atoms with E-state index in [1.54, 1.807) is 42.6 Å². The Morgan fingerprint density at radius 1 is 0.822 bits per heavy atom. The fourth-order valence-corrected chi connectivity index (χ4v) is 7.32. The fraction of sp³-hybridized carbons (Fsp3) is 0.278. The van der Waals surface area contributed by atoms with Gasteiger partial charge in [0.25, 0.3) is 10.0 Å². The summed E-state index contributed by atoms with van der Waals surface area (Å²) in [6, 6.07) is 35.2. The van der Waals surface area contributed by atoms with Gasteiger partial charge in [0.1, 0.15) is 11.7 Å². The van der Waals surface area contributed by atoms with Crippen molar-refractivity contribution in [3.05, 3.63) is 138 Å². The molecule has 0 spiro atoms. The lowest BCUT2D eigenvalue weighted by Crippen LogP contribution is -2.57. The molecule has 6 rings (SSSR count). The first-order chi connectivity index (χ1) is 22.0. The molecule has 1 aliphatic heterocycles. The first-order valence-electron chi connectivity index (χ1n) is 15.1. The monoisotopic (exact) mass is 627 g/mol. The summed E-state index contributed by atoms with van der Waals surface area (Å²) < 4.78 is 55.5. The predicted octanol–water partition coefficient (Wildman–Crippen LogP) is 6.02. The minimum atomic E-state index is -3.97. The van der Waals surface area contributed by atoms with E-state index in [4.69, 9.17) is 18.9 Å². The molecule has 45 heavy (non-hydrogen) atoms. The van der Waals surface area contributed by atoms with E-state index in [0.29, 0.717) is 29.7 Å². The zero-order chi connectivity index (χ0) is 31.3. The molecule has 5 aromatic rings. The average Bonchev–Trinajstić information content (AvgIpc) is 3.49. The third kappa shape index (κ3) is 6.33. The molecule has 8 nitrogen and oxygen atoms in total. The van der Waals surface area contributed by atoms with Gasteiger partial charge < -0.3 is 24.1 Å². The van der Waals surface area contributed by atoms with E-state index in [0.717, 1.165) is 11.1 Å². The van der Waals surface area contributed by atoms with Crippen LogP contribution in [0.15, 0.2) is 126 Å². The van der Waals surface area contributed by atoms with Gasteiger partial charge in [0, 0.05) is 30.2 Å². The summed E-state index contributed by atoms with van der Waals surface area (Å²) in [7, 11) is -3.97. The Morgan fingerprint density at radius 2 is 1.42 bits per heavy atom. The first kappa shape index (κ1) is 31.2. The maximum atomic E-state index is 14.1. The van der Waals surface area contributed by atoms with Crippen LogP contribution in [0.5, 0.6) is 0 Å². The zero-order valence-electron chi connectivity index (χ0n) is 25.1. The number of aromatic nitrogens is 1. The van der Waals surface area contributed by atoms with E-state index in [9.17, 15) is 13.5 Å². The van der Waals surface area contributed by atoms with E-state index in [2.05, 4.69) is 0 Å². The quantitative estimate of drug-likeness (QED) is 0.181. The third-order valence-electron chi connectivity index (χ3n) is 8.18. The Kier molecular flexibility index (Phi) is 9.46. The van der Waals surface area contributed by atoms with Crippen LogP contribution in [0.4, 0.5) is 0 Å². The molecule has 9 heteroatoms. The summed E-state index contributed by atoms with van der Waals surface area (Å²) in [6.07, 6.45) is -0.405. The summed E-state index contributed by atoms with van der Waals surface area (Å²) in [5, 5.41) is 11.1. The van der Waals surface area contributed by atoms with E-state index in [-0.39, 0.29) is 24.5 Å². The van der Waals surface area contributed by atoms with E-state index >= 15 is 0 Å². The van der Waals surface area contributed by atoms with Crippen molar-refractivity contribution in [1.82, 2.24) is 3.97 Å². The van der Waals surface area contributed by atoms with Crippen LogP contribution in [-0.2, 0) is 47.8 Å². The van der Waals surface area contributed by atoms with E-state index < -0.39 is 34.1 Å². The molecule has 1 aromatic heterocycles. The van der Waals surface area contributed by atoms with Crippen LogP contribution in [0.1, 0.15) is 30.0 Å². The Labute approximate surface area is 263 Å². The molecule has 234 valence electrons. The second-order valence-electron chi connectivity index (χ2n) is 11.0. The molecule has 4 aromatic carbocycles. The van der Waals surface area contributed by atoms with Gasteiger partial charge in [-0.1, -0.05) is 97.1 Å². The second kappa shape index (κ2) is 13.7. The van der Waals surface area contributed by atoms with Crippen molar-refractivity contribution in [3.8, 4) is 0 Å². The number of ether oxygens (including phenoxy) is 4. The predicted molar refractivity (Wildman–Crippen MR) is 171 cm³/mol. The number of rotatable bonds is 12. The summed E-state index contributed by atoms with van der Waals surface area (Å²) in [5.74, 6) is 0. The van der Waals surface area contributed by atoms with Gasteiger partial charge in [0.2, 0.25) is 0 Å². The van der Waals surface area contributed by atoms with Crippen LogP contribution in [-0.4, -0.2) is 49.2 Å². The Morgan fingerprint density at radius 3 is 2.07 bits per heavy atom. The third-order valence-corrected chi connectivity index (χ3v) is 9.86. The average molecular weight is 628 g/mol. The van der Waals surface area contributed by atoms with Gasteiger partial charge in [-0.15, -0.1) is 0 Å². The van der Waals surface area contributed by atoms with Crippen molar-refractivity contribution in [3.63, 3.8) is 0 Å². The topological polar surface area (TPSA) is 96.2 Å². The molecule has 0 aliphatic carbocycles. The number of fused-ring (bicyclic) bond motifs is 1. The maximum Gasteiger partial charge on any atom is 0.268 e. The van der Waals surface area contributed by atoms with Crippen LogP contribution >= 0.6 is 0 Å². The molecule has 0 radical (unpaired) electrons. The van der Waals surface area contributed by atoms with Crippen LogP contribution in [0.2, 0.25) is 0 Å². The SMILES string of the molecule is CCO[C@@H]1O[C@H](CO)[C@@H](OCc2ccccc2)C[C@]1(OCc1ccccc1)c1cn(S(=O)(=O)c2ccccc2)c2ccccc12. The molecule has 0 bridgehead atoms. The van der Waals surface area contributed by atoms with E-state index in [1.165, 1.54) is 3.97 Å². The Balaban J connectivity index is 1.51. The molecule has 1 fully saturated rings. The molecule has 1 aliphatic rings. The van der Waals surface area contributed by atoms with E-state index in [1.807, 2.05) is 85.8 Å². The highest BCUT2D eigenvalue weighted by molar-refractivity contribution is 7.90. The number of para-hydroxylation sites is 1. The Bertz CT molecular complexity index is 1800. The van der Waals surface area contributed by atoms with Gasteiger partial charge in [0.15, 0.2) is 6.29 Å². The molecule has 1 saturated heterocycles. The summed E-state index contributed by atoms with van der Waals surface area (Å²) in [6.45, 7) is 2.37. The van der Waals surface area contributed by atoms with Crippen LogP contribution in [0.25, 0.3) is 10.9 Å².